The van der Waals surface area contributed by atoms with Gasteiger partial charge in [0.25, 0.3) is 5.69 Å². The first kappa shape index (κ1) is 18.8. The minimum atomic E-state index is -3.78. The Hall–Kier alpha value is -1.22. The predicted molar refractivity (Wildman–Crippen MR) is 85.6 cm³/mol. The van der Waals surface area contributed by atoms with Crippen LogP contribution in [0.1, 0.15) is 24.8 Å². The van der Waals surface area contributed by atoms with E-state index in [4.69, 9.17) is 5.73 Å². The number of halogens is 1. The molecule has 0 saturated heterocycles. The van der Waals surface area contributed by atoms with E-state index in [0.29, 0.717) is 12.1 Å². The molecule has 0 spiro atoms. The number of nitro benzene ring substituents is 1. The second-order valence-electron chi connectivity index (χ2n) is 5.36. The second-order valence-corrected chi connectivity index (χ2v) is 7.04. The third kappa shape index (κ3) is 3.95. The number of nitrogens with two attached hydrogens (primary N) is 1. The predicted octanol–water partition coefficient (Wildman–Crippen LogP) is 1.73. The number of hydrogen-bond acceptors (Lipinski definition) is 5. The highest BCUT2D eigenvalue weighted by Crippen LogP contribution is 2.28. The number of non-ortho nitro benzene ring substituents is 1. The van der Waals surface area contributed by atoms with E-state index in [9.17, 15) is 18.5 Å². The van der Waals surface area contributed by atoms with Crippen LogP contribution < -0.4 is 10.5 Å². The molecular formula is C13H20ClN3O4S. The van der Waals surface area contributed by atoms with E-state index in [1.807, 2.05) is 0 Å². The Labute approximate surface area is 135 Å². The largest absolute Gasteiger partial charge is 0.330 e. The summed E-state index contributed by atoms with van der Waals surface area (Å²) in [4.78, 5) is 10.2. The maximum atomic E-state index is 12.5. The number of hydrogen-bond donors (Lipinski definition) is 2. The van der Waals surface area contributed by atoms with Crippen LogP contribution in [0.5, 0.6) is 0 Å². The van der Waals surface area contributed by atoms with Crippen LogP contribution in [-0.4, -0.2) is 25.9 Å². The lowest BCUT2D eigenvalue weighted by Crippen LogP contribution is -2.40. The van der Waals surface area contributed by atoms with Gasteiger partial charge in [-0.2, -0.15) is 0 Å². The first-order valence-electron chi connectivity index (χ1n) is 6.82. The summed E-state index contributed by atoms with van der Waals surface area (Å²) in [6.45, 7) is 2.05. The summed E-state index contributed by atoms with van der Waals surface area (Å²) in [7, 11) is -3.78. The van der Waals surface area contributed by atoms with Crippen molar-refractivity contribution in [3.05, 3.63) is 33.9 Å². The van der Waals surface area contributed by atoms with Crippen LogP contribution >= 0.6 is 12.4 Å². The van der Waals surface area contributed by atoms with Crippen LogP contribution in [0.25, 0.3) is 0 Å². The molecule has 2 unspecified atom stereocenters. The zero-order valence-electron chi connectivity index (χ0n) is 12.2. The topological polar surface area (TPSA) is 115 Å². The van der Waals surface area contributed by atoms with Gasteiger partial charge in [0.15, 0.2) is 0 Å². The van der Waals surface area contributed by atoms with Gasteiger partial charge in [-0.3, -0.25) is 10.1 Å². The number of nitrogens with one attached hydrogen (secondary N) is 1. The molecule has 2 rings (SSSR count). The van der Waals surface area contributed by atoms with Gasteiger partial charge in [-0.15, -0.1) is 12.4 Å². The molecule has 1 aliphatic carbocycles. The Kier molecular flexibility index (Phi) is 6.30. The highest BCUT2D eigenvalue weighted by Gasteiger charge is 2.31. The summed E-state index contributed by atoms with van der Waals surface area (Å²) in [5, 5.41) is 10.8. The van der Waals surface area contributed by atoms with Gasteiger partial charge in [0, 0.05) is 18.2 Å². The van der Waals surface area contributed by atoms with E-state index in [2.05, 4.69) is 4.72 Å². The van der Waals surface area contributed by atoms with Crippen LogP contribution in [0, 0.1) is 23.0 Å². The Balaban J connectivity index is 0.00000242. The summed E-state index contributed by atoms with van der Waals surface area (Å²) in [5.41, 5.74) is 5.90. The van der Waals surface area contributed by atoms with E-state index >= 15 is 0 Å². The van der Waals surface area contributed by atoms with Gasteiger partial charge in [0.2, 0.25) is 10.0 Å². The van der Waals surface area contributed by atoms with Gasteiger partial charge in [-0.05, 0) is 37.8 Å². The van der Waals surface area contributed by atoms with Crippen LogP contribution in [0.4, 0.5) is 5.69 Å². The lowest BCUT2D eigenvalue weighted by molar-refractivity contribution is -0.385. The number of sulfonamides is 1. The molecule has 1 fully saturated rings. The second kappa shape index (κ2) is 7.36. The zero-order valence-corrected chi connectivity index (χ0v) is 13.8. The molecule has 1 saturated carbocycles. The number of nitrogens with zero attached hydrogens (tertiary/aromatic N) is 1. The first-order valence-corrected chi connectivity index (χ1v) is 8.31. The van der Waals surface area contributed by atoms with E-state index in [-0.39, 0.29) is 34.9 Å². The quantitative estimate of drug-likeness (QED) is 0.620. The summed E-state index contributed by atoms with van der Waals surface area (Å²) >= 11 is 0. The number of aryl methyl sites for hydroxylation is 1. The van der Waals surface area contributed by atoms with Gasteiger partial charge in [0.05, 0.1) is 9.82 Å². The van der Waals surface area contributed by atoms with Crippen molar-refractivity contribution in [2.24, 2.45) is 11.7 Å². The zero-order chi connectivity index (χ0) is 15.6. The van der Waals surface area contributed by atoms with Gasteiger partial charge in [-0.1, -0.05) is 12.5 Å². The maximum Gasteiger partial charge on any atom is 0.270 e. The van der Waals surface area contributed by atoms with Crippen molar-refractivity contribution < 1.29 is 13.3 Å². The van der Waals surface area contributed by atoms with Gasteiger partial charge >= 0.3 is 0 Å². The molecular weight excluding hydrogens is 330 g/mol. The molecule has 22 heavy (non-hydrogen) atoms. The Morgan fingerprint density at radius 1 is 1.41 bits per heavy atom. The summed E-state index contributed by atoms with van der Waals surface area (Å²) in [6.07, 6.45) is 2.58. The van der Waals surface area contributed by atoms with Crippen LogP contribution in [-0.2, 0) is 10.0 Å². The Morgan fingerprint density at radius 2 is 2.09 bits per heavy atom. The normalized spacial score (nSPS) is 21.4. The average Bonchev–Trinajstić information content (AvgIpc) is 2.85. The highest BCUT2D eigenvalue weighted by molar-refractivity contribution is 7.89. The smallest absolute Gasteiger partial charge is 0.270 e. The number of nitro groups is 1. The molecule has 0 heterocycles. The van der Waals surface area contributed by atoms with Crippen LogP contribution in [0.3, 0.4) is 0 Å². The third-order valence-electron chi connectivity index (χ3n) is 3.94. The van der Waals surface area contributed by atoms with Crippen molar-refractivity contribution in [3.8, 4) is 0 Å². The minimum absolute atomic E-state index is 0. The molecule has 2 atom stereocenters. The number of rotatable bonds is 5. The molecule has 1 aromatic carbocycles. The van der Waals surface area contributed by atoms with Gasteiger partial charge in [0.1, 0.15) is 0 Å². The molecule has 3 N–H and O–H groups in total. The van der Waals surface area contributed by atoms with E-state index in [0.717, 1.165) is 25.3 Å². The van der Waals surface area contributed by atoms with Crippen LogP contribution in [0.2, 0.25) is 0 Å². The molecule has 0 aliphatic heterocycles. The lowest BCUT2D eigenvalue weighted by atomic mass is 10.1. The van der Waals surface area contributed by atoms with Crippen LogP contribution in [0.15, 0.2) is 23.1 Å². The molecule has 0 aromatic heterocycles. The maximum absolute atomic E-state index is 12.5. The molecule has 7 nitrogen and oxygen atoms in total. The molecule has 1 aromatic rings. The van der Waals surface area contributed by atoms with Crippen molar-refractivity contribution in [3.63, 3.8) is 0 Å². The van der Waals surface area contributed by atoms with Crippen molar-refractivity contribution in [2.45, 2.75) is 37.1 Å². The average molecular weight is 350 g/mol. The third-order valence-corrected chi connectivity index (χ3v) is 5.57. The molecule has 9 heteroatoms. The standard InChI is InChI=1S/C13H19N3O4S.ClH/c1-9-5-6-11(16(17)18)7-13(9)21(19,20)15-12-4-2-3-10(12)8-14;/h5-7,10,12,15H,2-4,8,14H2,1H3;1H. The molecule has 0 amide bonds. The summed E-state index contributed by atoms with van der Waals surface area (Å²) in [6, 6.07) is 3.65. The monoisotopic (exact) mass is 349 g/mol. The van der Waals surface area contributed by atoms with Crippen molar-refractivity contribution in [1.29, 1.82) is 0 Å². The fourth-order valence-electron chi connectivity index (χ4n) is 2.73. The number of benzene rings is 1. The van der Waals surface area contributed by atoms with Crippen molar-refractivity contribution >= 4 is 28.1 Å². The highest BCUT2D eigenvalue weighted by atomic mass is 35.5. The van der Waals surface area contributed by atoms with Crippen molar-refractivity contribution in [1.82, 2.24) is 4.72 Å². The molecule has 1 aliphatic rings. The minimum Gasteiger partial charge on any atom is -0.330 e. The summed E-state index contributed by atoms with van der Waals surface area (Å²) < 4.78 is 27.6. The SMILES string of the molecule is Cc1ccc([N+](=O)[O-])cc1S(=O)(=O)NC1CCCC1CN.Cl. The van der Waals surface area contributed by atoms with Crippen molar-refractivity contribution in [2.75, 3.05) is 6.54 Å². The van der Waals surface area contributed by atoms with Gasteiger partial charge < -0.3 is 5.73 Å². The molecule has 124 valence electrons. The fraction of sp³-hybridized carbons (Fsp3) is 0.538. The van der Waals surface area contributed by atoms with E-state index in [1.165, 1.54) is 12.1 Å². The Morgan fingerprint density at radius 3 is 2.68 bits per heavy atom. The first-order chi connectivity index (χ1) is 9.85. The Bertz CT molecular complexity index is 651. The van der Waals surface area contributed by atoms with E-state index < -0.39 is 14.9 Å². The van der Waals surface area contributed by atoms with Gasteiger partial charge in [-0.25, -0.2) is 13.1 Å². The molecule has 0 bridgehead atoms. The molecule has 0 radical (unpaired) electrons. The van der Waals surface area contributed by atoms with E-state index in [1.54, 1.807) is 6.92 Å². The lowest BCUT2D eigenvalue weighted by Gasteiger charge is -2.20. The fourth-order valence-corrected chi connectivity index (χ4v) is 4.33. The summed E-state index contributed by atoms with van der Waals surface area (Å²) in [5.74, 6) is 0.124.